The van der Waals surface area contributed by atoms with E-state index in [2.05, 4.69) is 63.6 Å². The number of ether oxygens (including phenoxy) is 3. The first-order valence-electron chi connectivity index (χ1n) is 13.9. The highest BCUT2D eigenvalue weighted by molar-refractivity contribution is 6.08. The highest BCUT2D eigenvalue weighted by atomic mass is 16.5. The number of piperazine rings is 1. The summed E-state index contributed by atoms with van der Waals surface area (Å²) in [5.41, 5.74) is 3.09. The molecule has 3 aromatic carbocycles. The Hall–Kier alpha value is -4.37. The van der Waals surface area contributed by atoms with Gasteiger partial charge in [0.05, 0.1) is 26.9 Å². The van der Waals surface area contributed by atoms with Crippen molar-refractivity contribution in [1.29, 1.82) is 0 Å². The molecule has 2 unspecified atom stereocenters. The third-order valence-corrected chi connectivity index (χ3v) is 7.60. The lowest BCUT2D eigenvalue weighted by atomic mass is 9.90. The lowest BCUT2D eigenvalue weighted by molar-refractivity contribution is -0.153. The van der Waals surface area contributed by atoms with Crippen LogP contribution in [0.4, 0.5) is 0 Å². The van der Waals surface area contributed by atoms with E-state index >= 15 is 0 Å². The van der Waals surface area contributed by atoms with Gasteiger partial charge in [-0.05, 0) is 30.2 Å². The van der Waals surface area contributed by atoms with Crippen molar-refractivity contribution in [3.05, 3.63) is 95.6 Å². The van der Waals surface area contributed by atoms with Crippen molar-refractivity contribution in [3.8, 4) is 11.5 Å². The van der Waals surface area contributed by atoms with Crippen molar-refractivity contribution in [2.45, 2.75) is 19.0 Å². The molecule has 0 bridgehead atoms. The molecule has 41 heavy (non-hydrogen) atoms. The Morgan fingerprint density at radius 3 is 2.12 bits per heavy atom. The largest absolute Gasteiger partial charge is 0.497 e. The van der Waals surface area contributed by atoms with Crippen LogP contribution in [0.2, 0.25) is 0 Å². The second-order valence-electron chi connectivity index (χ2n) is 9.97. The molecule has 2 aliphatic rings. The van der Waals surface area contributed by atoms with E-state index in [4.69, 9.17) is 19.2 Å². The predicted molar refractivity (Wildman–Crippen MR) is 156 cm³/mol. The fraction of sp³-hybridized carbons (Fsp3) is 0.344. The van der Waals surface area contributed by atoms with Gasteiger partial charge in [0.1, 0.15) is 17.5 Å². The van der Waals surface area contributed by atoms with Gasteiger partial charge >= 0.3 is 5.97 Å². The second kappa shape index (κ2) is 12.9. The fourth-order valence-electron chi connectivity index (χ4n) is 5.59. The third kappa shape index (κ3) is 6.05. The zero-order valence-electron chi connectivity index (χ0n) is 23.7. The summed E-state index contributed by atoms with van der Waals surface area (Å²) in [4.78, 5) is 35.8. The van der Waals surface area contributed by atoms with Gasteiger partial charge in [0.25, 0.3) is 0 Å². The molecule has 0 radical (unpaired) electrons. The quantitative estimate of drug-likeness (QED) is 0.333. The van der Waals surface area contributed by atoms with Crippen LogP contribution in [0, 0.1) is 5.92 Å². The number of aliphatic imine (C=N–C) groups is 1. The van der Waals surface area contributed by atoms with E-state index in [1.54, 1.807) is 39.3 Å². The predicted octanol–water partition coefficient (Wildman–Crippen LogP) is 3.82. The summed E-state index contributed by atoms with van der Waals surface area (Å²) >= 11 is 0. The maximum Gasteiger partial charge on any atom is 0.321 e. The number of hydrogen-bond donors (Lipinski definition) is 1. The van der Waals surface area contributed by atoms with Crippen molar-refractivity contribution in [1.82, 2.24) is 15.1 Å². The van der Waals surface area contributed by atoms with Gasteiger partial charge in [-0.1, -0.05) is 60.7 Å². The van der Waals surface area contributed by atoms with Crippen LogP contribution in [-0.4, -0.2) is 74.6 Å². The van der Waals surface area contributed by atoms with E-state index in [1.165, 1.54) is 11.1 Å². The lowest BCUT2D eigenvalue weighted by Crippen LogP contribution is -2.57. The molecule has 0 saturated carbocycles. The summed E-state index contributed by atoms with van der Waals surface area (Å²) in [6.07, 6.45) is 0. The summed E-state index contributed by atoms with van der Waals surface area (Å²) < 4.78 is 16.2. The molecule has 3 aromatic rings. The van der Waals surface area contributed by atoms with Crippen LogP contribution < -0.4 is 14.8 Å². The van der Waals surface area contributed by atoms with Gasteiger partial charge < -0.3 is 19.1 Å². The van der Waals surface area contributed by atoms with Gasteiger partial charge in [-0.25, -0.2) is 4.99 Å². The zero-order valence-corrected chi connectivity index (χ0v) is 23.7. The number of guanidine groups is 1. The van der Waals surface area contributed by atoms with Gasteiger partial charge in [0.15, 0.2) is 5.92 Å². The first-order valence-corrected chi connectivity index (χ1v) is 13.9. The third-order valence-electron chi connectivity index (χ3n) is 7.60. The van der Waals surface area contributed by atoms with E-state index in [-0.39, 0.29) is 12.6 Å². The molecule has 1 N–H and O–H groups in total. The average molecular weight is 557 g/mol. The zero-order chi connectivity index (χ0) is 28.8. The number of methoxy groups -OCH3 is 2. The minimum atomic E-state index is -1.14. The molecule has 214 valence electrons. The molecule has 0 spiro atoms. The number of nitrogens with one attached hydrogen (secondary N) is 1. The van der Waals surface area contributed by atoms with Gasteiger partial charge in [0, 0.05) is 37.8 Å². The first kappa shape index (κ1) is 28.2. The van der Waals surface area contributed by atoms with E-state index in [1.807, 2.05) is 12.1 Å². The molecule has 0 aromatic heterocycles. The average Bonchev–Trinajstić information content (AvgIpc) is 3.02. The van der Waals surface area contributed by atoms with Gasteiger partial charge in [-0.2, -0.15) is 0 Å². The van der Waals surface area contributed by atoms with Crippen molar-refractivity contribution in [3.63, 3.8) is 0 Å². The van der Waals surface area contributed by atoms with Gasteiger partial charge in [-0.3, -0.25) is 19.8 Å². The first-order chi connectivity index (χ1) is 20.0. The van der Waals surface area contributed by atoms with Gasteiger partial charge in [0.2, 0.25) is 11.9 Å². The van der Waals surface area contributed by atoms with Crippen LogP contribution >= 0.6 is 0 Å². The monoisotopic (exact) mass is 556 g/mol. The number of esters is 1. The van der Waals surface area contributed by atoms with Crippen LogP contribution in [-0.2, 0) is 14.3 Å². The SMILES string of the molecule is CCOC(=O)C1C(=O)NC(N2CCN(C(c3ccccc3)c3ccccc3)CC2)=NC1c1ccc(OC)cc1OC. The van der Waals surface area contributed by atoms with Crippen molar-refractivity contribution in [2.24, 2.45) is 10.9 Å². The van der Waals surface area contributed by atoms with Crippen molar-refractivity contribution in [2.75, 3.05) is 47.0 Å². The van der Waals surface area contributed by atoms with Gasteiger partial charge in [-0.15, -0.1) is 0 Å². The van der Waals surface area contributed by atoms with Crippen LogP contribution in [0.3, 0.4) is 0 Å². The summed E-state index contributed by atoms with van der Waals surface area (Å²) in [7, 11) is 3.11. The Balaban J connectivity index is 1.42. The number of nitrogens with zero attached hydrogens (tertiary/aromatic N) is 3. The Morgan fingerprint density at radius 2 is 1.56 bits per heavy atom. The minimum Gasteiger partial charge on any atom is -0.497 e. The molecule has 2 aliphatic heterocycles. The molecule has 0 aliphatic carbocycles. The Labute approximate surface area is 240 Å². The van der Waals surface area contributed by atoms with E-state index in [0.717, 1.165) is 13.1 Å². The highest BCUT2D eigenvalue weighted by Crippen LogP contribution is 2.38. The Kier molecular flexibility index (Phi) is 8.84. The summed E-state index contributed by atoms with van der Waals surface area (Å²) in [6.45, 7) is 4.73. The number of benzene rings is 3. The molecule has 2 heterocycles. The molecular formula is C32H36N4O5. The van der Waals surface area contributed by atoms with E-state index in [9.17, 15) is 9.59 Å². The van der Waals surface area contributed by atoms with Crippen LogP contribution in [0.15, 0.2) is 83.9 Å². The number of carbonyl (C=O) groups is 2. The molecule has 2 atom stereocenters. The molecule has 9 nitrogen and oxygen atoms in total. The fourth-order valence-corrected chi connectivity index (χ4v) is 5.59. The Morgan fingerprint density at radius 1 is 0.927 bits per heavy atom. The Bertz CT molecular complexity index is 1330. The van der Waals surface area contributed by atoms with Crippen LogP contribution in [0.1, 0.15) is 35.7 Å². The smallest absolute Gasteiger partial charge is 0.321 e. The summed E-state index contributed by atoms with van der Waals surface area (Å²) in [6, 6.07) is 25.6. The minimum absolute atomic E-state index is 0.118. The number of hydrogen-bond acceptors (Lipinski definition) is 8. The maximum absolute atomic E-state index is 13.4. The van der Waals surface area contributed by atoms with Crippen LogP contribution in [0.25, 0.3) is 0 Å². The number of amides is 1. The summed E-state index contributed by atoms with van der Waals surface area (Å²) in [5, 5.41) is 2.89. The molecule has 9 heteroatoms. The standard InChI is InChI=1S/C32H36N4O5/c1-4-41-31(38)27-28(25-16-15-24(39-2)21-26(25)40-3)33-32(34-30(27)37)36-19-17-35(18-20-36)29(22-11-7-5-8-12-22)23-13-9-6-10-14-23/h5-16,21,27-29H,4,17-20H2,1-3H3,(H,33,34,37). The second-order valence-corrected chi connectivity index (χ2v) is 9.97. The number of carbonyl (C=O) groups excluding carboxylic acids is 2. The summed E-state index contributed by atoms with van der Waals surface area (Å²) in [5.74, 6) is -0.652. The molecule has 1 saturated heterocycles. The van der Waals surface area contributed by atoms with Crippen LogP contribution in [0.5, 0.6) is 11.5 Å². The van der Waals surface area contributed by atoms with E-state index < -0.39 is 23.8 Å². The van der Waals surface area contributed by atoms with E-state index in [0.29, 0.717) is 36.1 Å². The highest BCUT2D eigenvalue weighted by Gasteiger charge is 2.43. The molecule has 1 amide bonds. The molecule has 5 rings (SSSR count). The van der Waals surface area contributed by atoms with Crippen molar-refractivity contribution < 1.29 is 23.8 Å². The topological polar surface area (TPSA) is 92.7 Å². The van der Waals surface area contributed by atoms with Crippen molar-refractivity contribution >= 4 is 17.8 Å². The lowest BCUT2D eigenvalue weighted by Gasteiger charge is -2.42. The number of rotatable bonds is 8. The normalized spacial score (nSPS) is 19.4. The molecule has 1 fully saturated rings. The molecular weight excluding hydrogens is 520 g/mol. The maximum atomic E-state index is 13.4.